The number of hydrogen-bond acceptors (Lipinski definition) is 7. The van der Waals surface area contributed by atoms with Crippen LogP contribution in [0, 0.1) is 12.8 Å². The molecule has 7 rings (SSSR count). The minimum atomic E-state index is -0.297. The smallest absolute Gasteiger partial charge is 0.410 e. The average molecular weight is 572 g/mol. The maximum atomic E-state index is 13.5. The molecule has 0 aromatic carbocycles. The third kappa shape index (κ3) is 4.56. The monoisotopic (exact) mass is 571 g/mol. The number of hydrogen-bond donors (Lipinski definition) is 1. The normalized spacial score (nSPS) is 20.0. The van der Waals surface area contributed by atoms with Gasteiger partial charge in [0.2, 0.25) is 0 Å². The maximum absolute atomic E-state index is 13.5. The number of imidazole rings is 1. The van der Waals surface area contributed by atoms with E-state index in [1.807, 2.05) is 35.3 Å². The van der Waals surface area contributed by atoms with Crippen LogP contribution in [0.3, 0.4) is 0 Å². The lowest BCUT2D eigenvalue weighted by Crippen LogP contribution is -2.45. The van der Waals surface area contributed by atoms with Crippen molar-refractivity contribution >= 4 is 28.7 Å². The van der Waals surface area contributed by atoms with Gasteiger partial charge in [-0.15, -0.1) is 0 Å². The van der Waals surface area contributed by atoms with E-state index < -0.39 is 0 Å². The minimum Gasteiger partial charge on any atom is -0.482 e. The lowest BCUT2D eigenvalue weighted by Gasteiger charge is -2.30. The van der Waals surface area contributed by atoms with Gasteiger partial charge in [0.05, 0.1) is 36.8 Å². The molecule has 3 fully saturated rings. The van der Waals surface area contributed by atoms with Gasteiger partial charge in [-0.05, 0) is 69.7 Å². The van der Waals surface area contributed by atoms with Crippen LogP contribution >= 0.6 is 0 Å². The van der Waals surface area contributed by atoms with Crippen molar-refractivity contribution < 1.29 is 19.1 Å². The molecule has 1 aliphatic carbocycles. The van der Waals surface area contributed by atoms with Crippen molar-refractivity contribution in [2.75, 3.05) is 33.4 Å². The highest BCUT2D eigenvalue weighted by Crippen LogP contribution is 2.38. The second-order valence-corrected chi connectivity index (χ2v) is 11.9. The van der Waals surface area contributed by atoms with Gasteiger partial charge in [0.25, 0.3) is 5.91 Å². The molecule has 0 bridgehead atoms. The van der Waals surface area contributed by atoms with E-state index in [0.717, 1.165) is 53.2 Å². The second kappa shape index (κ2) is 10.3. The first kappa shape index (κ1) is 26.8. The minimum absolute atomic E-state index is 0.00303. The third-order valence-corrected chi connectivity index (χ3v) is 8.95. The van der Waals surface area contributed by atoms with Gasteiger partial charge in [-0.1, -0.05) is 0 Å². The summed E-state index contributed by atoms with van der Waals surface area (Å²) in [4.78, 5) is 39.4. The van der Waals surface area contributed by atoms with E-state index in [1.54, 1.807) is 18.1 Å². The van der Waals surface area contributed by atoms with Crippen LogP contribution in [0.1, 0.15) is 60.4 Å². The number of methoxy groups -OCH3 is 1. The Balaban J connectivity index is 1.32. The van der Waals surface area contributed by atoms with Gasteiger partial charge >= 0.3 is 6.09 Å². The van der Waals surface area contributed by atoms with Crippen LogP contribution < -0.4 is 10.5 Å². The quantitative estimate of drug-likeness (QED) is 0.354. The first-order chi connectivity index (χ1) is 20.3. The highest BCUT2D eigenvalue weighted by molar-refractivity contribution is 5.96. The molecular weight excluding hydrogens is 534 g/mol. The molecule has 4 aromatic rings. The summed E-state index contributed by atoms with van der Waals surface area (Å²) in [7, 11) is 1.62. The number of nitrogens with two attached hydrogens (primary N) is 1. The van der Waals surface area contributed by atoms with Gasteiger partial charge in [-0.3, -0.25) is 14.1 Å². The number of piperidine rings is 1. The van der Waals surface area contributed by atoms with Crippen molar-refractivity contribution in [2.45, 2.75) is 58.2 Å². The first-order valence-corrected chi connectivity index (χ1v) is 14.9. The fourth-order valence-electron chi connectivity index (χ4n) is 6.40. The number of cyclic esters (lactones) is 1. The zero-order valence-corrected chi connectivity index (χ0v) is 24.4. The molecule has 4 aromatic heterocycles. The van der Waals surface area contributed by atoms with E-state index >= 15 is 0 Å². The largest absolute Gasteiger partial charge is 0.482 e. The van der Waals surface area contributed by atoms with Gasteiger partial charge < -0.3 is 24.7 Å². The number of aryl methyl sites for hydroxylation is 1. The number of rotatable bonds is 7. The summed E-state index contributed by atoms with van der Waals surface area (Å²) in [5.74, 6) is 1.11. The third-order valence-electron chi connectivity index (χ3n) is 8.95. The molecule has 42 heavy (non-hydrogen) atoms. The van der Waals surface area contributed by atoms with Crippen molar-refractivity contribution in [1.82, 2.24) is 28.7 Å². The highest BCUT2D eigenvalue weighted by atomic mass is 16.6. The number of ether oxygens (including phenoxy) is 2. The van der Waals surface area contributed by atoms with Crippen molar-refractivity contribution in [2.24, 2.45) is 11.7 Å². The number of carbonyl (C=O) groups excluding carboxylic acids is 2. The average Bonchev–Trinajstić information content (AvgIpc) is 3.46. The van der Waals surface area contributed by atoms with Crippen molar-refractivity contribution in [1.29, 1.82) is 0 Å². The Morgan fingerprint density at radius 2 is 2.00 bits per heavy atom. The number of fused-ring (bicyclic) bond motifs is 2. The summed E-state index contributed by atoms with van der Waals surface area (Å²) in [6.45, 7) is 7.09. The van der Waals surface area contributed by atoms with Crippen LogP contribution in [0.5, 0.6) is 5.88 Å². The second-order valence-electron chi connectivity index (χ2n) is 11.9. The molecule has 2 N–H and O–H groups in total. The Morgan fingerprint density at radius 1 is 1.17 bits per heavy atom. The number of aromatic nitrogens is 4. The maximum Gasteiger partial charge on any atom is 0.410 e. The van der Waals surface area contributed by atoms with Crippen LogP contribution in [0.15, 0.2) is 30.3 Å². The summed E-state index contributed by atoms with van der Waals surface area (Å²) < 4.78 is 15.2. The van der Waals surface area contributed by atoms with Gasteiger partial charge in [-0.2, -0.15) is 0 Å². The fourth-order valence-corrected chi connectivity index (χ4v) is 6.40. The van der Waals surface area contributed by atoms with E-state index in [2.05, 4.69) is 16.7 Å². The molecule has 220 valence electrons. The van der Waals surface area contributed by atoms with Crippen molar-refractivity contribution in [3.63, 3.8) is 0 Å². The number of carbonyl (C=O) groups is 2. The van der Waals surface area contributed by atoms with E-state index in [1.165, 1.54) is 12.8 Å². The van der Waals surface area contributed by atoms with Crippen LogP contribution in [-0.4, -0.2) is 80.1 Å². The Kier molecular flexibility index (Phi) is 6.56. The highest BCUT2D eigenvalue weighted by Gasteiger charge is 2.31. The molecule has 2 amide bonds. The van der Waals surface area contributed by atoms with E-state index in [4.69, 9.17) is 25.2 Å². The van der Waals surface area contributed by atoms with Crippen LogP contribution in [-0.2, 0) is 11.3 Å². The van der Waals surface area contributed by atoms with E-state index in [0.29, 0.717) is 49.2 Å². The molecule has 11 heteroatoms. The topological polar surface area (TPSA) is 120 Å². The van der Waals surface area contributed by atoms with Crippen molar-refractivity contribution in [3.05, 3.63) is 47.3 Å². The lowest BCUT2D eigenvalue weighted by molar-refractivity contribution is 0.0708. The Hall–Kier alpha value is -4.12. The zero-order chi connectivity index (χ0) is 29.1. The summed E-state index contributed by atoms with van der Waals surface area (Å²) in [6.07, 6.45) is 3.93. The molecule has 2 saturated heterocycles. The molecule has 0 spiro atoms. The Morgan fingerprint density at radius 3 is 2.71 bits per heavy atom. The summed E-state index contributed by atoms with van der Waals surface area (Å²) in [5, 5.41) is 1.02. The summed E-state index contributed by atoms with van der Waals surface area (Å²) >= 11 is 0. The molecule has 1 saturated carbocycles. The number of likely N-dealkylation sites (tertiary alicyclic amines) is 1. The lowest BCUT2D eigenvalue weighted by atomic mass is 10.1. The fraction of sp³-hybridized carbons (Fsp3) is 0.484. The predicted molar refractivity (Wildman–Crippen MR) is 158 cm³/mol. The first-order valence-electron chi connectivity index (χ1n) is 14.9. The van der Waals surface area contributed by atoms with Crippen LogP contribution in [0.2, 0.25) is 0 Å². The van der Waals surface area contributed by atoms with E-state index in [9.17, 15) is 9.59 Å². The molecule has 6 heterocycles. The number of amides is 2. The number of nitrogens with zero attached hydrogens (tertiary/aromatic N) is 6. The van der Waals surface area contributed by atoms with E-state index in [-0.39, 0.29) is 24.1 Å². The summed E-state index contributed by atoms with van der Waals surface area (Å²) in [6, 6.07) is 9.68. The predicted octanol–water partition coefficient (Wildman–Crippen LogP) is 4.15. The van der Waals surface area contributed by atoms with Crippen molar-refractivity contribution in [3.8, 4) is 17.3 Å². The van der Waals surface area contributed by atoms with Gasteiger partial charge in [0.15, 0.2) is 5.88 Å². The zero-order valence-electron chi connectivity index (χ0n) is 24.4. The molecule has 0 radical (unpaired) electrons. The SMILES string of the molecule is COc1cc(C(=O)N2CCC[C@@H](N)C2)cc2nc(-c3cc4ccc([C@@H](C)N5CCOC5=O)nc4n3CC3CC3)c(C)n12. The summed E-state index contributed by atoms with van der Waals surface area (Å²) in [5.41, 5.74) is 11.8. The van der Waals surface area contributed by atoms with Gasteiger partial charge in [-0.25, -0.2) is 14.8 Å². The molecule has 2 aliphatic heterocycles. The molecule has 11 nitrogen and oxygen atoms in total. The van der Waals surface area contributed by atoms with Gasteiger partial charge in [0.1, 0.15) is 23.6 Å². The number of pyridine rings is 2. The Bertz CT molecular complexity index is 1700. The van der Waals surface area contributed by atoms with Gasteiger partial charge in [0, 0.05) is 42.7 Å². The molecule has 0 unspecified atom stereocenters. The standard InChI is InChI=1S/C31H37N7O4/c1-18(36-11-12-42-31(36)40)24-9-8-21-13-25(37(29(21)33-24)16-20-6-7-20)28-19(2)38-26(34-28)14-22(15-27(38)41-3)30(39)35-10-4-5-23(32)17-35/h8-9,13-15,18,20,23H,4-7,10-12,16-17,32H2,1-3H3/t18-,23-/m1/s1. The van der Waals surface area contributed by atoms with Crippen LogP contribution in [0.25, 0.3) is 28.1 Å². The molecule has 3 aliphatic rings. The molecule has 2 atom stereocenters. The molecular formula is C31H37N7O4. The Labute approximate surface area is 244 Å². The van der Waals surface area contributed by atoms with Crippen LogP contribution in [0.4, 0.5) is 4.79 Å².